The van der Waals surface area contributed by atoms with E-state index in [1.165, 1.54) is 0 Å². The molecule has 1 heterocycles. The van der Waals surface area contributed by atoms with Gasteiger partial charge in [0.05, 0.1) is 12.5 Å². The highest BCUT2D eigenvalue weighted by Crippen LogP contribution is 2.21. The number of carbonyl (C=O) groups excluding carboxylic acids is 1. The van der Waals surface area contributed by atoms with Crippen molar-refractivity contribution in [1.29, 1.82) is 0 Å². The summed E-state index contributed by atoms with van der Waals surface area (Å²) >= 11 is 0. The molecule has 1 saturated heterocycles. The number of hydrogen-bond acceptors (Lipinski definition) is 3. The van der Waals surface area contributed by atoms with E-state index in [1.807, 2.05) is 48.2 Å². The fourth-order valence-electron chi connectivity index (χ4n) is 3.22. The zero-order valence-corrected chi connectivity index (χ0v) is 14.6. The lowest BCUT2D eigenvalue weighted by Gasteiger charge is -2.26. The molecule has 2 aromatic carbocycles. The van der Waals surface area contributed by atoms with Crippen molar-refractivity contribution in [3.05, 3.63) is 65.2 Å². The largest absolute Gasteiger partial charge is 0.508 e. The van der Waals surface area contributed by atoms with E-state index in [4.69, 9.17) is 4.74 Å². The summed E-state index contributed by atoms with van der Waals surface area (Å²) in [6.45, 7) is 3.76. The average Bonchev–Trinajstić information content (AvgIpc) is 3.11. The maximum Gasteiger partial charge on any atom is 0.227 e. The zero-order valence-electron chi connectivity index (χ0n) is 14.6. The summed E-state index contributed by atoms with van der Waals surface area (Å²) in [5.41, 5.74) is 2.93. The van der Waals surface area contributed by atoms with Gasteiger partial charge >= 0.3 is 0 Å². The van der Waals surface area contributed by atoms with Crippen LogP contribution < -0.4 is 0 Å². The Bertz CT molecular complexity index is 723. The Balaban J connectivity index is 1.76. The number of benzene rings is 2. The highest BCUT2D eigenvalue weighted by Gasteiger charge is 2.23. The first-order chi connectivity index (χ1) is 12.1. The van der Waals surface area contributed by atoms with E-state index < -0.39 is 0 Å². The van der Waals surface area contributed by atoms with Gasteiger partial charge in [0.1, 0.15) is 5.75 Å². The standard InChI is InChI=1S/C21H25NO3/c1-16-7-2-3-8-17(16)13-21(24)22(15-19-10-6-12-25-19)14-18-9-4-5-11-20(18)23/h2-5,7-9,11,19,23H,6,10,12-15H2,1H3. The number of nitrogens with zero attached hydrogens (tertiary/aromatic N) is 1. The molecular weight excluding hydrogens is 314 g/mol. The van der Waals surface area contributed by atoms with E-state index in [0.717, 1.165) is 36.1 Å². The predicted molar refractivity (Wildman–Crippen MR) is 97.4 cm³/mol. The smallest absolute Gasteiger partial charge is 0.227 e. The fraction of sp³-hybridized carbons (Fsp3) is 0.381. The molecule has 0 radical (unpaired) electrons. The molecule has 25 heavy (non-hydrogen) atoms. The second-order valence-electron chi connectivity index (χ2n) is 6.64. The lowest BCUT2D eigenvalue weighted by molar-refractivity contribution is -0.132. The number of amides is 1. The Hall–Kier alpha value is -2.33. The third kappa shape index (κ3) is 4.60. The molecule has 3 rings (SSSR count). The van der Waals surface area contributed by atoms with E-state index in [-0.39, 0.29) is 17.8 Å². The first-order valence-electron chi connectivity index (χ1n) is 8.84. The summed E-state index contributed by atoms with van der Waals surface area (Å²) in [7, 11) is 0. The van der Waals surface area contributed by atoms with Crippen molar-refractivity contribution in [2.45, 2.75) is 38.8 Å². The number of phenolic OH excluding ortho intramolecular Hbond substituents is 1. The van der Waals surface area contributed by atoms with Gasteiger partial charge in [-0.2, -0.15) is 0 Å². The van der Waals surface area contributed by atoms with E-state index in [2.05, 4.69) is 0 Å². The van der Waals surface area contributed by atoms with Crippen LogP contribution in [-0.4, -0.2) is 35.2 Å². The molecule has 0 aromatic heterocycles. The topological polar surface area (TPSA) is 49.8 Å². The Kier molecular flexibility index (Phi) is 5.71. The van der Waals surface area contributed by atoms with E-state index in [1.54, 1.807) is 12.1 Å². The fourth-order valence-corrected chi connectivity index (χ4v) is 3.22. The van der Waals surface area contributed by atoms with Crippen LogP contribution in [0.5, 0.6) is 5.75 Å². The lowest BCUT2D eigenvalue weighted by Crippen LogP contribution is -2.38. The molecule has 4 nitrogen and oxygen atoms in total. The molecule has 1 amide bonds. The maximum absolute atomic E-state index is 13.0. The van der Waals surface area contributed by atoms with Crippen LogP contribution in [0.1, 0.15) is 29.5 Å². The van der Waals surface area contributed by atoms with Crippen LogP contribution in [-0.2, 0) is 22.5 Å². The van der Waals surface area contributed by atoms with Gasteiger partial charge in [-0.3, -0.25) is 4.79 Å². The van der Waals surface area contributed by atoms with Crippen LogP contribution >= 0.6 is 0 Å². The number of aromatic hydroxyl groups is 1. The number of carbonyl (C=O) groups is 1. The first kappa shape index (κ1) is 17.5. The molecule has 1 atom stereocenters. The molecule has 4 heteroatoms. The van der Waals surface area contributed by atoms with Crippen LogP contribution in [0.25, 0.3) is 0 Å². The Labute approximate surface area is 149 Å². The van der Waals surface area contributed by atoms with Crippen molar-refractivity contribution in [3.63, 3.8) is 0 Å². The molecule has 1 N–H and O–H groups in total. The molecular formula is C21H25NO3. The number of rotatable bonds is 6. The molecule has 1 fully saturated rings. The van der Waals surface area contributed by atoms with Crippen molar-refractivity contribution in [1.82, 2.24) is 4.90 Å². The van der Waals surface area contributed by atoms with Gasteiger partial charge in [0, 0.05) is 25.3 Å². The molecule has 2 aromatic rings. The number of ether oxygens (including phenoxy) is 1. The number of phenols is 1. The normalized spacial score (nSPS) is 16.8. The summed E-state index contributed by atoms with van der Waals surface area (Å²) in [5.74, 6) is 0.289. The molecule has 132 valence electrons. The second-order valence-corrected chi connectivity index (χ2v) is 6.64. The van der Waals surface area contributed by atoms with Crippen LogP contribution in [0.3, 0.4) is 0 Å². The maximum atomic E-state index is 13.0. The van der Waals surface area contributed by atoms with Gasteiger partial charge in [-0.15, -0.1) is 0 Å². The minimum Gasteiger partial charge on any atom is -0.508 e. The minimum atomic E-state index is 0.0630. The third-order valence-corrected chi connectivity index (χ3v) is 4.76. The number of para-hydroxylation sites is 1. The van der Waals surface area contributed by atoms with Gasteiger partial charge in [-0.25, -0.2) is 0 Å². The van der Waals surface area contributed by atoms with Crippen LogP contribution in [0.15, 0.2) is 48.5 Å². The molecule has 1 aliphatic heterocycles. The van der Waals surface area contributed by atoms with Crippen LogP contribution in [0.4, 0.5) is 0 Å². The van der Waals surface area contributed by atoms with Crippen LogP contribution in [0, 0.1) is 6.92 Å². The van der Waals surface area contributed by atoms with E-state index >= 15 is 0 Å². The molecule has 0 bridgehead atoms. The molecule has 0 aliphatic carbocycles. The number of hydrogen-bond donors (Lipinski definition) is 1. The SMILES string of the molecule is Cc1ccccc1CC(=O)N(Cc1ccccc1O)CC1CCCO1. The van der Waals surface area contributed by atoms with Crippen molar-refractivity contribution >= 4 is 5.91 Å². The van der Waals surface area contributed by atoms with Crippen molar-refractivity contribution in [2.24, 2.45) is 0 Å². The zero-order chi connectivity index (χ0) is 17.6. The Morgan fingerprint density at radius 1 is 1.16 bits per heavy atom. The molecule has 1 aliphatic rings. The summed E-state index contributed by atoms with van der Waals surface area (Å²) < 4.78 is 5.72. The summed E-state index contributed by atoms with van der Waals surface area (Å²) in [5, 5.41) is 10.1. The first-order valence-corrected chi connectivity index (χ1v) is 8.84. The number of aryl methyl sites for hydroxylation is 1. The molecule has 0 spiro atoms. The van der Waals surface area contributed by atoms with Crippen molar-refractivity contribution < 1.29 is 14.6 Å². The Morgan fingerprint density at radius 3 is 2.56 bits per heavy atom. The highest BCUT2D eigenvalue weighted by molar-refractivity contribution is 5.79. The monoisotopic (exact) mass is 339 g/mol. The molecule has 1 unspecified atom stereocenters. The predicted octanol–water partition coefficient (Wildman–Crippen LogP) is 3.45. The summed E-state index contributed by atoms with van der Waals surface area (Å²) in [4.78, 5) is 14.8. The second kappa shape index (κ2) is 8.17. The average molecular weight is 339 g/mol. The van der Waals surface area contributed by atoms with Gasteiger partial charge in [0.2, 0.25) is 5.91 Å². The summed E-state index contributed by atoms with van der Waals surface area (Å²) in [6.07, 6.45) is 2.48. The van der Waals surface area contributed by atoms with Crippen LogP contribution in [0.2, 0.25) is 0 Å². The highest BCUT2D eigenvalue weighted by atomic mass is 16.5. The Morgan fingerprint density at radius 2 is 1.88 bits per heavy atom. The minimum absolute atomic E-state index is 0.0630. The van der Waals surface area contributed by atoms with Crippen molar-refractivity contribution in [2.75, 3.05) is 13.2 Å². The quantitative estimate of drug-likeness (QED) is 0.877. The van der Waals surface area contributed by atoms with Gasteiger partial charge in [-0.1, -0.05) is 42.5 Å². The summed E-state index contributed by atoms with van der Waals surface area (Å²) in [6, 6.07) is 15.2. The van der Waals surface area contributed by atoms with E-state index in [0.29, 0.717) is 19.5 Å². The van der Waals surface area contributed by atoms with Crippen molar-refractivity contribution in [3.8, 4) is 5.75 Å². The third-order valence-electron chi connectivity index (χ3n) is 4.76. The van der Waals surface area contributed by atoms with Gasteiger partial charge in [0.25, 0.3) is 0 Å². The van der Waals surface area contributed by atoms with Gasteiger partial charge in [-0.05, 0) is 37.0 Å². The van der Waals surface area contributed by atoms with E-state index in [9.17, 15) is 9.90 Å². The van der Waals surface area contributed by atoms with Gasteiger partial charge in [0.15, 0.2) is 0 Å². The molecule has 0 saturated carbocycles. The lowest BCUT2D eigenvalue weighted by atomic mass is 10.0. The van der Waals surface area contributed by atoms with Gasteiger partial charge < -0.3 is 14.7 Å².